The quantitative estimate of drug-likeness (QED) is 0.614. The average Bonchev–Trinajstić information content (AvgIpc) is 2.12. The van der Waals surface area contributed by atoms with Crippen LogP contribution in [-0.4, -0.2) is 21.3 Å². The SMILES string of the molecule is O[C@@H]1c2ccc(Cl)nc2C=C[C@@H]1O. The van der Waals surface area contributed by atoms with Gasteiger partial charge in [0.05, 0.1) is 5.69 Å². The van der Waals surface area contributed by atoms with Crippen LogP contribution in [0.5, 0.6) is 0 Å². The number of fused-ring (bicyclic) bond motifs is 1. The van der Waals surface area contributed by atoms with Crippen molar-refractivity contribution in [1.82, 2.24) is 4.98 Å². The molecule has 1 aromatic heterocycles. The van der Waals surface area contributed by atoms with Crippen molar-refractivity contribution >= 4 is 17.7 Å². The maximum atomic E-state index is 9.54. The summed E-state index contributed by atoms with van der Waals surface area (Å²) in [6.07, 6.45) is 1.40. The van der Waals surface area contributed by atoms with Gasteiger partial charge in [0, 0.05) is 5.56 Å². The first-order valence-electron chi connectivity index (χ1n) is 3.89. The lowest BCUT2D eigenvalue weighted by atomic mass is 9.97. The predicted molar refractivity (Wildman–Crippen MR) is 49.2 cm³/mol. The molecule has 0 radical (unpaired) electrons. The van der Waals surface area contributed by atoms with Crippen LogP contribution in [0.25, 0.3) is 6.08 Å². The topological polar surface area (TPSA) is 53.4 Å². The summed E-state index contributed by atoms with van der Waals surface area (Å²) in [5, 5.41) is 19.2. The first-order chi connectivity index (χ1) is 6.18. The zero-order chi connectivity index (χ0) is 9.42. The molecule has 4 heteroatoms. The van der Waals surface area contributed by atoms with Crippen molar-refractivity contribution in [3.63, 3.8) is 0 Å². The highest BCUT2D eigenvalue weighted by Crippen LogP contribution is 2.27. The van der Waals surface area contributed by atoms with Crippen molar-refractivity contribution in [2.45, 2.75) is 12.2 Å². The number of pyridine rings is 1. The Morgan fingerprint density at radius 3 is 2.85 bits per heavy atom. The second kappa shape index (κ2) is 3.10. The van der Waals surface area contributed by atoms with Gasteiger partial charge in [-0.1, -0.05) is 23.7 Å². The number of aromatic nitrogens is 1. The Morgan fingerprint density at radius 1 is 1.31 bits per heavy atom. The predicted octanol–water partition coefficient (Wildman–Crippen LogP) is 1.16. The van der Waals surface area contributed by atoms with Gasteiger partial charge >= 0.3 is 0 Å². The number of hydrogen-bond donors (Lipinski definition) is 2. The summed E-state index contributed by atoms with van der Waals surface area (Å²) in [6, 6.07) is 3.26. The normalized spacial score (nSPS) is 25.8. The standard InChI is InChI=1S/C9H8ClNO2/c10-8-4-1-5-6(11-8)2-3-7(12)9(5)13/h1-4,7,9,12-13H/t7-,9+/m0/s1. The minimum absolute atomic E-state index is 0.381. The molecule has 0 unspecified atom stereocenters. The minimum atomic E-state index is -0.898. The van der Waals surface area contributed by atoms with E-state index in [1.165, 1.54) is 6.08 Å². The van der Waals surface area contributed by atoms with Crippen LogP contribution >= 0.6 is 11.6 Å². The number of rotatable bonds is 0. The van der Waals surface area contributed by atoms with Gasteiger partial charge in [-0.3, -0.25) is 0 Å². The largest absolute Gasteiger partial charge is 0.386 e. The summed E-state index contributed by atoms with van der Waals surface area (Å²) >= 11 is 5.67. The number of hydrogen-bond acceptors (Lipinski definition) is 3. The zero-order valence-electron chi connectivity index (χ0n) is 6.68. The third-order valence-corrected chi connectivity index (χ3v) is 2.23. The fourth-order valence-corrected chi connectivity index (χ4v) is 1.48. The van der Waals surface area contributed by atoms with Gasteiger partial charge in [-0.15, -0.1) is 0 Å². The molecule has 0 saturated heterocycles. The van der Waals surface area contributed by atoms with Crippen LogP contribution in [0.1, 0.15) is 17.4 Å². The fourth-order valence-electron chi connectivity index (χ4n) is 1.32. The molecule has 2 atom stereocenters. The van der Waals surface area contributed by atoms with Crippen molar-refractivity contribution in [2.24, 2.45) is 0 Å². The molecule has 0 saturated carbocycles. The molecule has 2 rings (SSSR count). The van der Waals surface area contributed by atoms with Crippen molar-refractivity contribution in [1.29, 1.82) is 0 Å². The van der Waals surface area contributed by atoms with Crippen molar-refractivity contribution in [3.05, 3.63) is 34.6 Å². The van der Waals surface area contributed by atoms with E-state index in [2.05, 4.69) is 4.98 Å². The lowest BCUT2D eigenvalue weighted by Crippen LogP contribution is -2.19. The Morgan fingerprint density at radius 2 is 2.08 bits per heavy atom. The smallest absolute Gasteiger partial charge is 0.129 e. The molecule has 68 valence electrons. The van der Waals surface area contributed by atoms with Crippen molar-refractivity contribution in [2.75, 3.05) is 0 Å². The highest BCUT2D eigenvalue weighted by atomic mass is 35.5. The van der Waals surface area contributed by atoms with Crippen LogP contribution in [0.15, 0.2) is 18.2 Å². The number of nitrogens with zero attached hydrogens (tertiary/aromatic N) is 1. The third kappa shape index (κ3) is 1.46. The Kier molecular flexibility index (Phi) is 2.07. The summed E-state index contributed by atoms with van der Waals surface area (Å²) in [6.45, 7) is 0. The van der Waals surface area contributed by atoms with Gasteiger partial charge in [0.15, 0.2) is 0 Å². The zero-order valence-corrected chi connectivity index (χ0v) is 7.44. The first kappa shape index (κ1) is 8.69. The molecular formula is C9H8ClNO2. The van der Waals surface area contributed by atoms with E-state index in [4.69, 9.17) is 11.6 Å². The number of aliphatic hydroxyl groups excluding tert-OH is 2. The van der Waals surface area contributed by atoms with Crippen molar-refractivity contribution in [3.8, 4) is 0 Å². The molecule has 1 aliphatic rings. The van der Waals surface area contributed by atoms with Gasteiger partial charge in [0.1, 0.15) is 17.4 Å². The monoisotopic (exact) mass is 197 g/mol. The molecule has 0 bridgehead atoms. The van der Waals surface area contributed by atoms with E-state index in [0.29, 0.717) is 16.4 Å². The van der Waals surface area contributed by atoms with Crippen molar-refractivity contribution < 1.29 is 10.2 Å². The van der Waals surface area contributed by atoms with Crippen LogP contribution in [0.4, 0.5) is 0 Å². The summed E-state index contributed by atoms with van der Waals surface area (Å²) in [5.41, 5.74) is 1.23. The molecule has 1 aromatic rings. The van der Waals surface area contributed by atoms with E-state index in [-0.39, 0.29) is 0 Å². The Labute approximate surface area is 80.3 Å². The molecule has 2 N–H and O–H groups in total. The molecule has 0 spiro atoms. The van der Waals surface area contributed by atoms with E-state index in [0.717, 1.165) is 0 Å². The number of aliphatic hydroxyl groups is 2. The molecule has 1 aliphatic carbocycles. The minimum Gasteiger partial charge on any atom is -0.386 e. The summed E-state index contributed by atoms with van der Waals surface area (Å²) < 4.78 is 0. The van der Waals surface area contributed by atoms with Gasteiger partial charge in [-0.05, 0) is 12.1 Å². The van der Waals surface area contributed by atoms with Crippen LogP contribution in [-0.2, 0) is 0 Å². The van der Waals surface area contributed by atoms with Crippen LogP contribution < -0.4 is 0 Å². The average molecular weight is 198 g/mol. The highest BCUT2D eigenvalue weighted by molar-refractivity contribution is 6.29. The van der Waals surface area contributed by atoms with E-state index in [9.17, 15) is 10.2 Å². The highest BCUT2D eigenvalue weighted by Gasteiger charge is 2.22. The second-order valence-corrected chi connectivity index (χ2v) is 3.29. The van der Waals surface area contributed by atoms with Gasteiger partial charge in [-0.2, -0.15) is 0 Å². The summed E-state index contributed by atoms with van der Waals surface area (Å²) in [5.74, 6) is 0. The molecule has 0 fully saturated rings. The fraction of sp³-hybridized carbons (Fsp3) is 0.222. The molecule has 13 heavy (non-hydrogen) atoms. The third-order valence-electron chi connectivity index (χ3n) is 2.02. The van der Waals surface area contributed by atoms with Gasteiger partial charge in [0.2, 0.25) is 0 Å². The molecule has 0 aliphatic heterocycles. The number of halogens is 1. The van der Waals surface area contributed by atoms with Crippen LogP contribution in [0.3, 0.4) is 0 Å². The van der Waals surface area contributed by atoms with Crippen LogP contribution in [0, 0.1) is 0 Å². The van der Waals surface area contributed by atoms with Gasteiger partial charge in [-0.25, -0.2) is 4.98 Å². The summed E-state index contributed by atoms with van der Waals surface area (Å²) in [4.78, 5) is 4.01. The van der Waals surface area contributed by atoms with E-state index in [1.807, 2.05) is 0 Å². The molecular weight excluding hydrogens is 190 g/mol. The Bertz CT molecular complexity index is 365. The lowest BCUT2D eigenvalue weighted by molar-refractivity contribution is 0.0467. The molecule has 3 nitrogen and oxygen atoms in total. The molecule has 0 aromatic carbocycles. The van der Waals surface area contributed by atoms with Gasteiger partial charge in [0.25, 0.3) is 0 Å². The van der Waals surface area contributed by atoms with Crippen LogP contribution in [0.2, 0.25) is 5.15 Å². The first-order valence-corrected chi connectivity index (χ1v) is 4.27. The summed E-state index contributed by atoms with van der Waals surface area (Å²) in [7, 11) is 0. The lowest BCUT2D eigenvalue weighted by Gasteiger charge is -2.20. The van der Waals surface area contributed by atoms with E-state index < -0.39 is 12.2 Å². The maximum Gasteiger partial charge on any atom is 0.129 e. The van der Waals surface area contributed by atoms with E-state index in [1.54, 1.807) is 18.2 Å². The molecule has 0 amide bonds. The Balaban J connectivity index is 2.52. The maximum absolute atomic E-state index is 9.54. The van der Waals surface area contributed by atoms with Gasteiger partial charge < -0.3 is 10.2 Å². The molecule has 1 heterocycles. The Hall–Kier alpha value is -0.900. The van der Waals surface area contributed by atoms with E-state index >= 15 is 0 Å². The second-order valence-electron chi connectivity index (χ2n) is 2.90.